The Kier molecular flexibility index (Phi) is 2.98. The molecule has 8 heteroatoms. The number of hydrogen-bond donors (Lipinski definition) is 1. The SMILES string of the molecule is COc1cc(F)ccc1-c1cn2nc(C(=O)O)nc2cn1. The minimum atomic E-state index is -1.22. The van der Waals surface area contributed by atoms with Crippen LogP contribution in [0.2, 0.25) is 0 Å². The molecule has 0 fully saturated rings. The van der Waals surface area contributed by atoms with E-state index >= 15 is 0 Å². The second kappa shape index (κ2) is 4.82. The summed E-state index contributed by atoms with van der Waals surface area (Å²) in [6.45, 7) is 0. The molecule has 0 saturated carbocycles. The van der Waals surface area contributed by atoms with Gasteiger partial charge in [0.15, 0.2) is 5.65 Å². The first-order chi connectivity index (χ1) is 10.1. The van der Waals surface area contributed by atoms with Crippen LogP contribution in [0.5, 0.6) is 5.75 Å². The van der Waals surface area contributed by atoms with Gasteiger partial charge in [-0.25, -0.2) is 13.7 Å². The van der Waals surface area contributed by atoms with Gasteiger partial charge in [-0.2, -0.15) is 4.98 Å². The Morgan fingerprint density at radius 2 is 2.24 bits per heavy atom. The van der Waals surface area contributed by atoms with E-state index in [4.69, 9.17) is 9.84 Å². The number of carboxylic acids is 1. The number of hydrogen-bond acceptors (Lipinski definition) is 5. The summed E-state index contributed by atoms with van der Waals surface area (Å²) in [7, 11) is 1.43. The summed E-state index contributed by atoms with van der Waals surface area (Å²) in [4.78, 5) is 18.8. The lowest BCUT2D eigenvalue weighted by molar-refractivity contribution is 0.0684. The van der Waals surface area contributed by atoms with E-state index in [1.165, 1.54) is 42.2 Å². The summed E-state index contributed by atoms with van der Waals surface area (Å²) >= 11 is 0. The van der Waals surface area contributed by atoms with Crippen molar-refractivity contribution in [3.63, 3.8) is 0 Å². The summed E-state index contributed by atoms with van der Waals surface area (Å²) < 4.78 is 19.6. The zero-order valence-electron chi connectivity index (χ0n) is 10.8. The van der Waals surface area contributed by atoms with E-state index in [0.29, 0.717) is 22.7 Å². The highest BCUT2D eigenvalue weighted by Gasteiger charge is 2.13. The van der Waals surface area contributed by atoms with Crippen LogP contribution in [-0.4, -0.2) is 37.8 Å². The van der Waals surface area contributed by atoms with Crippen LogP contribution in [0.15, 0.2) is 30.6 Å². The van der Waals surface area contributed by atoms with Crippen molar-refractivity contribution in [2.75, 3.05) is 7.11 Å². The highest BCUT2D eigenvalue weighted by atomic mass is 19.1. The van der Waals surface area contributed by atoms with Crippen molar-refractivity contribution in [3.05, 3.63) is 42.2 Å². The van der Waals surface area contributed by atoms with Crippen molar-refractivity contribution in [1.29, 1.82) is 0 Å². The number of methoxy groups -OCH3 is 1. The molecule has 0 atom stereocenters. The Bertz CT molecular complexity index is 847. The van der Waals surface area contributed by atoms with E-state index in [0.717, 1.165) is 0 Å². The van der Waals surface area contributed by atoms with Gasteiger partial charge in [-0.05, 0) is 12.1 Å². The topological polar surface area (TPSA) is 89.6 Å². The predicted octanol–water partition coefficient (Wildman–Crippen LogP) is 1.64. The minimum Gasteiger partial charge on any atom is -0.496 e. The van der Waals surface area contributed by atoms with E-state index in [-0.39, 0.29) is 5.82 Å². The van der Waals surface area contributed by atoms with Crippen molar-refractivity contribution >= 4 is 11.6 Å². The van der Waals surface area contributed by atoms with E-state index in [9.17, 15) is 9.18 Å². The van der Waals surface area contributed by atoms with Crippen molar-refractivity contribution in [2.45, 2.75) is 0 Å². The van der Waals surface area contributed by atoms with Gasteiger partial charge in [-0.15, -0.1) is 5.10 Å². The fourth-order valence-corrected chi connectivity index (χ4v) is 1.90. The van der Waals surface area contributed by atoms with Gasteiger partial charge in [0.2, 0.25) is 0 Å². The molecule has 2 aromatic heterocycles. The molecule has 0 aliphatic carbocycles. The third kappa shape index (κ3) is 2.27. The zero-order valence-corrected chi connectivity index (χ0v) is 10.8. The summed E-state index contributed by atoms with van der Waals surface area (Å²) in [5.41, 5.74) is 1.33. The fourth-order valence-electron chi connectivity index (χ4n) is 1.90. The van der Waals surface area contributed by atoms with Gasteiger partial charge in [0.05, 0.1) is 25.2 Å². The lowest BCUT2D eigenvalue weighted by Crippen LogP contribution is -1.99. The van der Waals surface area contributed by atoms with Crippen molar-refractivity contribution in [2.24, 2.45) is 0 Å². The average molecular weight is 288 g/mol. The van der Waals surface area contributed by atoms with Crippen LogP contribution >= 0.6 is 0 Å². The Morgan fingerprint density at radius 3 is 2.95 bits per heavy atom. The molecule has 0 amide bonds. The Morgan fingerprint density at radius 1 is 1.43 bits per heavy atom. The van der Waals surface area contributed by atoms with E-state index < -0.39 is 11.8 Å². The fraction of sp³-hybridized carbons (Fsp3) is 0.0769. The summed E-state index contributed by atoms with van der Waals surface area (Å²) in [6.07, 6.45) is 2.89. The van der Waals surface area contributed by atoms with Crippen molar-refractivity contribution in [1.82, 2.24) is 19.6 Å². The van der Waals surface area contributed by atoms with E-state index in [1.54, 1.807) is 0 Å². The smallest absolute Gasteiger partial charge is 0.375 e. The summed E-state index contributed by atoms with van der Waals surface area (Å²) in [5, 5.41) is 12.7. The number of rotatable bonds is 3. The predicted molar refractivity (Wildman–Crippen MR) is 69.7 cm³/mol. The number of fused-ring (bicyclic) bond motifs is 1. The van der Waals surface area contributed by atoms with Crippen LogP contribution in [0.3, 0.4) is 0 Å². The molecule has 21 heavy (non-hydrogen) atoms. The molecule has 1 aromatic carbocycles. The molecule has 1 N–H and O–H groups in total. The molecule has 106 valence electrons. The molecule has 0 radical (unpaired) electrons. The third-order valence-corrected chi connectivity index (χ3v) is 2.85. The van der Waals surface area contributed by atoms with E-state index in [1.807, 2.05) is 0 Å². The molecule has 3 aromatic rings. The number of aromatic carboxylic acids is 1. The number of benzene rings is 1. The van der Waals surface area contributed by atoms with Gasteiger partial charge in [-0.3, -0.25) is 4.98 Å². The van der Waals surface area contributed by atoms with Crippen LogP contribution in [0.25, 0.3) is 16.9 Å². The monoisotopic (exact) mass is 288 g/mol. The second-order valence-corrected chi connectivity index (χ2v) is 4.16. The van der Waals surface area contributed by atoms with Gasteiger partial charge < -0.3 is 9.84 Å². The number of halogens is 1. The Hall–Kier alpha value is -3.03. The van der Waals surface area contributed by atoms with Crippen LogP contribution < -0.4 is 4.74 Å². The van der Waals surface area contributed by atoms with Gasteiger partial charge in [0, 0.05) is 11.6 Å². The molecule has 0 aliphatic heterocycles. The molecule has 7 nitrogen and oxygen atoms in total. The lowest BCUT2D eigenvalue weighted by Gasteiger charge is -2.07. The maximum Gasteiger partial charge on any atom is 0.375 e. The Balaban J connectivity index is 2.14. The first-order valence-corrected chi connectivity index (χ1v) is 5.88. The van der Waals surface area contributed by atoms with Crippen molar-refractivity contribution in [3.8, 4) is 17.0 Å². The molecule has 0 spiro atoms. The lowest BCUT2D eigenvalue weighted by atomic mass is 10.1. The summed E-state index contributed by atoms with van der Waals surface area (Å²) in [5.74, 6) is -1.65. The third-order valence-electron chi connectivity index (χ3n) is 2.85. The van der Waals surface area contributed by atoms with Crippen LogP contribution in [-0.2, 0) is 0 Å². The van der Waals surface area contributed by atoms with Gasteiger partial charge in [-0.1, -0.05) is 0 Å². The van der Waals surface area contributed by atoms with Gasteiger partial charge in [0.25, 0.3) is 5.82 Å². The number of nitrogens with zero attached hydrogens (tertiary/aromatic N) is 4. The minimum absolute atomic E-state index is 0.303. The second-order valence-electron chi connectivity index (χ2n) is 4.16. The number of ether oxygens (including phenoxy) is 1. The first-order valence-electron chi connectivity index (χ1n) is 5.88. The number of carbonyl (C=O) groups is 1. The van der Waals surface area contributed by atoms with Crippen molar-refractivity contribution < 1.29 is 19.0 Å². The maximum absolute atomic E-state index is 13.2. The molecule has 0 unspecified atom stereocenters. The quantitative estimate of drug-likeness (QED) is 0.788. The average Bonchev–Trinajstić information content (AvgIpc) is 2.90. The number of aromatic nitrogens is 4. The maximum atomic E-state index is 13.2. The zero-order chi connectivity index (χ0) is 15.0. The molecule has 3 rings (SSSR count). The van der Waals surface area contributed by atoms with E-state index in [2.05, 4.69) is 15.1 Å². The van der Waals surface area contributed by atoms with Crippen LogP contribution in [0, 0.1) is 5.82 Å². The van der Waals surface area contributed by atoms with Gasteiger partial charge in [0.1, 0.15) is 11.6 Å². The first kappa shape index (κ1) is 13.0. The van der Waals surface area contributed by atoms with Crippen LogP contribution in [0.4, 0.5) is 4.39 Å². The molecule has 0 bridgehead atoms. The molecule has 2 heterocycles. The highest BCUT2D eigenvalue weighted by molar-refractivity contribution is 5.83. The molecule has 0 saturated heterocycles. The standard InChI is InChI=1S/C13H9FN4O3/c1-21-10-4-7(14)2-3-8(10)9-6-18-11(5-15-9)16-12(17-18)13(19)20/h2-6H,1H3,(H,19,20). The van der Waals surface area contributed by atoms with Crippen LogP contribution in [0.1, 0.15) is 10.6 Å². The Labute approximate surface area is 117 Å². The summed E-state index contributed by atoms with van der Waals surface area (Å²) in [6, 6.07) is 4.05. The van der Waals surface area contributed by atoms with Gasteiger partial charge >= 0.3 is 5.97 Å². The molecular formula is C13H9FN4O3. The highest BCUT2D eigenvalue weighted by Crippen LogP contribution is 2.28. The largest absolute Gasteiger partial charge is 0.496 e. The number of carboxylic acid groups (broad SMARTS) is 1. The normalized spacial score (nSPS) is 10.8. The molecular weight excluding hydrogens is 279 g/mol. The molecule has 0 aliphatic rings.